The smallest absolute Gasteiger partial charge is 0.258 e. The number of fused-ring (bicyclic) bond motifs is 1. The van der Waals surface area contributed by atoms with Gasteiger partial charge in [0.25, 0.3) is 5.91 Å². The number of para-hydroxylation sites is 1. The number of benzene rings is 2. The van der Waals surface area contributed by atoms with E-state index in [1.54, 1.807) is 42.6 Å². The molecule has 0 saturated carbocycles. The van der Waals surface area contributed by atoms with E-state index in [4.69, 9.17) is 23.2 Å². The van der Waals surface area contributed by atoms with Crippen LogP contribution in [0, 0.1) is 0 Å². The lowest BCUT2D eigenvalue weighted by atomic mass is 10.1. The molecule has 0 spiro atoms. The van der Waals surface area contributed by atoms with Crippen molar-refractivity contribution in [3.05, 3.63) is 64.3 Å². The highest BCUT2D eigenvalue weighted by Gasteiger charge is 2.16. The Morgan fingerprint density at radius 1 is 1.00 bits per heavy atom. The number of nitrogens with zero attached hydrogens (tertiary/aromatic N) is 1. The summed E-state index contributed by atoms with van der Waals surface area (Å²) in [6.07, 6.45) is 2.09. The molecule has 0 bridgehead atoms. The summed E-state index contributed by atoms with van der Waals surface area (Å²) >= 11 is 12.2. The van der Waals surface area contributed by atoms with Crippen LogP contribution in [-0.2, 0) is 4.79 Å². The molecule has 0 aliphatic heterocycles. The Kier molecular flexibility index (Phi) is 5.02. The van der Waals surface area contributed by atoms with Crippen molar-refractivity contribution in [3.8, 4) is 0 Å². The number of carbonyl (C=O) groups is 2. The monoisotopic (exact) mass is 374 g/mol. The molecule has 1 aromatic heterocycles. The molecular formula is C17H12Cl2N4O2. The number of nitrogens with one attached hydrogen (secondary N) is 3. The average Bonchev–Trinajstić information content (AvgIpc) is 2.60. The molecule has 126 valence electrons. The summed E-state index contributed by atoms with van der Waals surface area (Å²) in [5.41, 5.74) is 7.01. The number of carbonyl (C=O) groups excluding carboxylic acids is 2. The molecule has 25 heavy (non-hydrogen) atoms. The van der Waals surface area contributed by atoms with Crippen molar-refractivity contribution in [2.24, 2.45) is 0 Å². The number of hydrazine groups is 1. The average molecular weight is 375 g/mol. The van der Waals surface area contributed by atoms with Crippen LogP contribution >= 0.6 is 23.2 Å². The Balaban J connectivity index is 1.99. The van der Waals surface area contributed by atoms with Gasteiger partial charge >= 0.3 is 0 Å². The Morgan fingerprint density at radius 2 is 1.72 bits per heavy atom. The predicted molar refractivity (Wildman–Crippen MR) is 99.0 cm³/mol. The van der Waals surface area contributed by atoms with Crippen molar-refractivity contribution in [2.75, 3.05) is 10.7 Å². The highest BCUT2D eigenvalue weighted by atomic mass is 35.5. The van der Waals surface area contributed by atoms with Gasteiger partial charge in [-0.05, 0) is 24.3 Å². The fourth-order valence-corrected chi connectivity index (χ4v) is 2.96. The van der Waals surface area contributed by atoms with Crippen molar-refractivity contribution in [1.82, 2.24) is 10.4 Å². The largest absolute Gasteiger partial charge is 0.320 e. The molecule has 0 atom stereocenters. The van der Waals surface area contributed by atoms with E-state index in [2.05, 4.69) is 21.2 Å². The summed E-state index contributed by atoms with van der Waals surface area (Å²) in [6.45, 7) is 0. The third-order valence-electron chi connectivity index (χ3n) is 3.47. The maximum absolute atomic E-state index is 12.6. The van der Waals surface area contributed by atoms with Gasteiger partial charge in [0.05, 0.1) is 32.5 Å². The molecule has 1 heterocycles. The predicted octanol–water partition coefficient (Wildman–Crippen LogP) is 3.87. The quantitative estimate of drug-likeness (QED) is 0.467. The van der Waals surface area contributed by atoms with Crippen LogP contribution in [0.1, 0.15) is 10.4 Å². The highest BCUT2D eigenvalue weighted by molar-refractivity contribution is 6.40. The Labute approximate surface area is 153 Å². The first kappa shape index (κ1) is 17.0. The minimum atomic E-state index is -0.436. The summed E-state index contributed by atoms with van der Waals surface area (Å²) in [7, 11) is 0. The second-order valence-corrected chi connectivity index (χ2v) is 5.81. The number of pyridine rings is 1. The van der Waals surface area contributed by atoms with E-state index < -0.39 is 5.91 Å². The van der Waals surface area contributed by atoms with E-state index in [9.17, 15) is 9.59 Å². The zero-order valence-corrected chi connectivity index (χ0v) is 14.2. The van der Waals surface area contributed by atoms with E-state index in [1.807, 2.05) is 6.07 Å². The Hall–Kier alpha value is -2.83. The van der Waals surface area contributed by atoms with Crippen LogP contribution in [0.4, 0.5) is 11.4 Å². The molecule has 8 heteroatoms. The van der Waals surface area contributed by atoms with Crippen molar-refractivity contribution in [3.63, 3.8) is 0 Å². The van der Waals surface area contributed by atoms with Gasteiger partial charge in [-0.15, -0.1) is 0 Å². The van der Waals surface area contributed by atoms with Crippen molar-refractivity contribution >= 4 is 57.8 Å². The minimum Gasteiger partial charge on any atom is -0.320 e. The van der Waals surface area contributed by atoms with E-state index in [0.29, 0.717) is 23.3 Å². The van der Waals surface area contributed by atoms with E-state index in [1.165, 1.54) is 0 Å². The molecule has 0 aliphatic rings. The van der Waals surface area contributed by atoms with Crippen LogP contribution in [-0.4, -0.2) is 17.3 Å². The molecule has 0 aliphatic carbocycles. The van der Waals surface area contributed by atoms with E-state index >= 15 is 0 Å². The molecule has 3 N–H and O–H groups in total. The van der Waals surface area contributed by atoms with Gasteiger partial charge in [0.2, 0.25) is 6.41 Å². The fourth-order valence-electron chi connectivity index (χ4n) is 2.39. The number of aromatic nitrogens is 1. The zero-order chi connectivity index (χ0) is 17.8. The SMILES string of the molecule is O=CNNc1ccnc2c(NC(=O)c3c(Cl)cccc3Cl)cccc12. The number of rotatable bonds is 5. The lowest BCUT2D eigenvalue weighted by Crippen LogP contribution is -2.19. The van der Waals surface area contributed by atoms with E-state index in [-0.39, 0.29) is 15.6 Å². The highest BCUT2D eigenvalue weighted by Crippen LogP contribution is 2.29. The van der Waals surface area contributed by atoms with Crippen LogP contribution in [0.3, 0.4) is 0 Å². The molecule has 0 saturated heterocycles. The van der Waals surface area contributed by atoms with Gasteiger partial charge in [-0.25, -0.2) is 0 Å². The standard InChI is InChI=1S/C17H12Cl2N4O2/c18-11-4-2-5-12(19)15(11)17(25)22-14-6-1-3-10-13(23-21-9-24)7-8-20-16(10)14/h1-9H,(H,20,23)(H,21,24)(H,22,25). The second-order valence-electron chi connectivity index (χ2n) is 5.00. The van der Waals surface area contributed by atoms with E-state index in [0.717, 1.165) is 5.39 Å². The number of hydrogen-bond acceptors (Lipinski definition) is 4. The molecule has 3 rings (SSSR count). The lowest BCUT2D eigenvalue weighted by molar-refractivity contribution is -0.109. The van der Waals surface area contributed by atoms with Crippen molar-refractivity contribution < 1.29 is 9.59 Å². The normalized spacial score (nSPS) is 10.3. The van der Waals surface area contributed by atoms with Gasteiger partial charge < -0.3 is 5.32 Å². The number of hydrogen-bond donors (Lipinski definition) is 3. The maximum Gasteiger partial charge on any atom is 0.258 e. The summed E-state index contributed by atoms with van der Waals surface area (Å²) < 4.78 is 0. The number of halogens is 2. The number of amides is 2. The van der Waals surface area contributed by atoms with Crippen LogP contribution in [0.5, 0.6) is 0 Å². The Morgan fingerprint density at radius 3 is 2.44 bits per heavy atom. The third-order valence-corrected chi connectivity index (χ3v) is 4.10. The van der Waals surface area contributed by atoms with Crippen LogP contribution in [0.2, 0.25) is 10.0 Å². The van der Waals surface area contributed by atoms with Gasteiger partial charge in [0, 0.05) is 11.6 Å². The summed E-state index contributed by atoms with van der Waals surface area (Å²) in [5.74, 6) is -0.436. The first-order valence-corrected chi connectivity index (χ1v) is 7.95. The maximum atomic E-state index is 12.6. The molecule has 0 fully saturated rings. The van der Waals surface area contributed by atoms with Gasteiger partial charge in [-0.1, -0.05) is 41.4 Å². The molecule has 0 radical (unpaired) electrons. The Bertz CT molecular complexity index is 942. The summed E-state index contributed by atoms with van der Waals surface area (Å²) in [6, 6.07) is 11.9. The third kappa shape index (κ3) is 3.50. The minimum absolute atomic E-state index is 0.194. The molecule has 3 aromatic rings. The first-order valence-electron chi connectivity index (χ1n) is 7.20. The van der Waals surface area contributed by atoms with Crippen LogP contribution in [0.15, 0.2) is 48.7 Å². The topological polar surface area (TPSA) is 83.1 Å². The zero-order valence-electron chi connectivity index (χ0n) is 12.7. The summed E-state index contributed by atoms with van der Waals surface area (Å²) in [4.78, 5) is 27.4. The fraction of sp³-hybridized carbons (Fsp3) is 0. The summed E-state index contributed by atoms with van der Waals surface area (Å²) in [5, 5.41) is 4.02. The molecule has 2 amide bonds. The van der Waals surface area contributed by atoms with Crippen LogP contribution in [0.25, 0.3) is 10.9 Å². The second kappa shape index (κ2) is 7.38. The first-order chi connectivity index (χ1) is 12.1. The van der Waals surface area contributed by atoms with Crippen molar-refractivity contribution in [2.45, 2.75) is 0 Å². The van der Waals surface area contributed by atoms with Gasteiger partial charge in [-0.3, -0.25) is 25.4 Å². The molecular weight excluding hydrogens is 363 g/mol. The van der Waals surface area contributed by atoms with Crippen LogP contribution < -0.4 is 16.2 Å². The van der Waals surface area contributed by atoms with Crippen molar-refractivity contribution in [1.29, 1.82) is 0 Å². The molecule has 2 aromatic carbocycles. The van der Waals surface area contributed by atoms with Gasteiger partial charge in [0.1, 0.15) is 0 Å². The molecule has 0 unspecified atom stereocenters. The molecule has 6 nitrogen and oxygen atoms in total. The lowest BCUT2D eigenvalue weighted by Gasteiger charge is -2.12. The van der Waals surface area contributed by atoms with Gasteiger partial charge in [-0.2, -0.15) is 0 Å². The van der Waals surface area contributed by atoms with Gasteiger partial charge in [0.15, 0.2) is 0 Å². The number of anilines is 2.